The first-order valence-corrected chi connectivity index (χ1v) is 6.09. The van der Waals surface area contributed by atoms with Gasteiger partial charge in [-0.05, 0) is 46.6 Å². The van der Waals surface area contributed by atoms with Crippen molar-refractivity contribution in [3.8, 4) is 5.75 Å². The molecule has 6 heteroatoms. The molecule has 0 radical (unpaired) electrons. The van der Waals surface area contributed by atoms with E-state index in [1.54, 1.807) is 13.3 Å². The van der Waals surface area contributed by atoms with Gasteiger partial charge in [0.2, 0.25) is 0 Å². The third kappa shape index (κ3) is 2.70. The Kier molecular flexibility index (Phi) is 3.66. The Morgan fingerprint density at radius 3 is 2.83 bits per heavy atom. The zero-order valence-corrected chi connectivity index (χ0v) is 11.7. The summed E-state index contributed by atoms with van der Waals surface area (Å²) >= 11 is 3.26. The van der Waals surface area contributed by atoms with Crippen LogP contribution in [0.2, 0.25) is 0 Å². The van der Waals surface area contributed by atoms with Crippen molar-refractivity contribution in [2.24, 2.45) is 0 Å². The third-order valence-electron chi connectivity index (χ3n) is 2.46. The molecule has 0 saturated carbocycles. The van der Waals surface area contributed by atoms with Crippen molar-refractivity contribution < 1.29 is 4.74 Å². The molecule has 94 valence electrons. The van der Waals surface area contributed by atoms with E-state index in [-0.39, 0.29) is 0 Å². The van der Waals surface area contributed by atoms with Crippen LogP contribution in [0.25, 0.3) is 0 Å². The number of rotatable bonds is 3. The lowest BCUT2D eigenvalue weighted by atomic mass is 10.2. The summed E-state index contributed by atoms with van der Waals surface area (Å²) in [7, 11) is 1.64. The van der Waals surface area contributed by atoms with Crippen molar-refractivity contribution in [2.75, 3.05) is 18.2 Å². The minimum Gasteiger partial charge on any atom is -0.497 e. The van der Waals surface area contributed by atoms with Gasteiger partial charge in [-0.1, -0.05) is 0 Å². The molecule has 0 amide bonds. The highest BCUT2D eigenvalue weighted by Crippen LogP contribution is 2.26. The molecule has 1 heterocycles. The molecule has 0 fully saturated rings. The van der Waals surface area contributed by atoms with E-state index in [1.165, 1.54) is 0 Å². The number of aryl methyl sites for hydroxylation is 1. The average Bonchev–Trinajstić information content (AvgIpc) is 2.36. The SMILES string of the molecule is COc1ccc(Nc2nc(Br)cnc2N)c(C)c1. The smallest absolute Gasteiger partial charge is 0.174 e. The molecule has 0 saturated heterocycles. The highest BCUT2D eigenvalue weighted by molar-refractivity contribution is 9.10. The van der Waals surface area contributed by atoms with Gasteiger partial charge in [0.1, 0.15) is 10.4 Å². The Hall–Kier alpha value is -1.82. The Bertz CT molecular complexity index is 574. The van der Waals surface area contributed by atoms with Crippen LogP contribution in [0, 0.1) is 6.92 Å². The van der Waals surface area contributed by atoms with Crippen molar-refractivity contribution in [3.05, 3.63) is 34.6 Å². The van der Waals surface area contributed by atoms with Crippen LogP contribution in [0.4, 0.5) is 17.3 Å². The van der Waals surface area contributed by atoms with E-state index in [4.69, 9.17) is 10.5 Å². The minimum absolute atomic E-state index is 0.355. The largest absolute Gasteiger partial charge is 0.497 e. The van der Waals surface area contributed by atoms with Gasteiger partial charge in [0, 0.05) is 5.69 Å². The third-order valence-corrected chi connectivity index (χ3v) is 2.84. The summed E-state index contributed by atoms with van der Waals surface area (Å²) in [6, 6.07) is 5.72. The second-order valence-corrected chi connectivity index (χ2v) is 4.54. The predicted molar refractivity (Wildman–Crippen MR) is 75.2 cm³/mol. The molecule has 2 rings (SSSR count). The molecule has 0 spiro atoms. The van der Waals surface area contributed by atoms with Crippen molar-refractivity contribution in [1.82, 2.24) is 9.97 Å². The number of nitrogen functional groups attached to an aromatic ring is 1. The number of benzene rings is 1. The highest BCUT2D eigenvalue weighted by atomic mass is 79.9. The summed E-state index contributed by atoms with van der Waals surface area (Å²) < 4.78 is 5.79. The maximum Gasteiger partial charge on any atom is 0.174 e. The summed E-state index contributed by atoms with van der Waals surface area (Å²) in [5.74, 6) is 1.69. The molecular weight excluding hydrogens is 296 g/mol. The molecule has 5 nitrogen and oxygen atoms in total. The second-order valence-electron chi connectivity index (χ2n) is 3.73. The topological polar surface area (TPSA) is 73.1 Å². The van der Waals surface area contributed by atoms with E-state index >= 15 is 0 Å². The van der Waals surface area contributed by atoms with Crippen molar-refractivity contribution in [1.29, 1.82) is 0 Å². The number of ether oxygens (including phenoxy) is 1. The van der Waals surface area contributed by atoms with E-state index < -0.39 is 0 Å². The Morgan fingerprint density at radius 1 is 1.39 bits per heavy atom. The fourth-order valence-corrected chi connectivity index (χ4v) is 1.78. The molecule has 0 aliphatic carbocycles. The fourth-order valence-electron chi connectivity index (χ4n) is 1.50. The number of nitrogens with two attached hydrogens (primary N) is 1. The van der Waals surface area contributed by atoms with Crippen LogP contribution in [-0.4, -0.2) is 17.1 Å². The Morgan fingerprint density at radius 2 is 2.17 bits per heavy atom. The van der Waals surface area contributed by atoms with Crippen LogP contribution in [0.15, 0.2) is 29.0 Å². The molecule has 1 aromatic heterocycles. The van der Waals surface area contributed by atoms with Gasteiger partial charge in [0.25, 0.3) is 0 Å². The first kappa shape index (κ1) is 12.6. The summed E-state index contributed by atoms with van der Waals surface area (Å²) in [5.41, 5.74) is 7.71. The number of methoxy groups -OCH3 is 1. The summed E-state index contributed by atoms with van der Waals surface area (Å²) in [5, 5.41) is 3.15. The van der Waals surface area contributed by atoms with Gasteiger partial charge < -0.3 is 15.8 Å². The first-order chi connectivity index (χ1) is 8.60. The first-order valence-electron chi connectivity index (χ1n) is 5.30. The highest BCUT2D eigenvalue weighted by Gasteiger charge is 2.06. The number of nitrogens with one attached hydrogen (secondary N) is 1. The summed E-state index contributed by atoms with van der Waals surface area (Å²) in [4.78, 5) is 8.26. The lowest BCUT2D eigenvalue weighted by molar-refractivity contribution is 0.414. The summed E-state index contributed by atoms with van der Waals surface area (Å²) in [6.45, 7) is 1.98. The molecule has 18 heavy (non-hydrogen) atoms. The second kappa shape index (κ2) is 5.22. The van der Waals surface area contributed by atoms with E-state index in [0.717, 1.165) is 17.0 Å². The monoisotopic (exact) mass is 308 g/mol. The van der Waals surface area contributed by atoms with Gasteiger partial charge in [-0.25, -0.2) is 9.97 Å². The van der Waals surface area contributed by atoms with Gasteiger partial charge >= 0.3 is 0 Å². The van der Waals surface area contributed by atoms with Crippen LogP contribution in [0.5, 0.6) is 5.75 Å². The van der Waals surface area contributed by atoms with E-state index in [0.29, 0.717) is 16.2 Å². The van der Waals surface area contributed by atoms with Gasteiger partial charge in [0.15, 0.2) is 11.6 Å². The average molecular weight is 309 g/mol. The Labute approximate surface area is 114 Å². The maximum atomic E-state index is 5.76. The van der Waals surface area contributed by atoms with E-state index in [2.05, 4.69) is 31.2 Å². The molecule has 2 aromatic rings. The van der Waals surface area contributed by atoms with Gasteiger partial charge in [-0.3, -0.25) is 0 Å². The molecule has 0 aliphatic rings. The van der Waals surface area contributed by atoms with Crippen molar-refractivity contribution in [2.45, 2.75) is 6.92 Å². The van der Waals surface area contributed by atoms with E-state index in [1.807, 2.05) is 25.1 Å². The fraction of sp³-hybridized carbons (Fsp3) is 0.167. The minimum atomic E-state index is 0.355. The quantitative estimate of drug-likeness (QED) is 0.912. The molecule has 0 atom stereocenters. The number of nitrogens with zero attached hydrogens (tertiary/aromatic N) is 2. The van der Waals surface area contributed by atoms with Gasteiger partial charge in [0.05, 0.1) is 13.3 Å². The molecule has 0 aliphatic heterocycles. The van der Waals surface area contributed by atoms with Crippen LogP contribution in [-0.2, 0) is 0 Å². The number of hydrogen-bond donors (Lipinski definition) is 2. The number of aromatic nitrogens is 2. The zero-order valence-electron chi connectivity index (χ0n) is 10.1. The molecule has 0 unspecified atom stereocenters. The lowest BCUT2D eigenvalue weighted by Gasteiger charge is -2.11. The number of hydrogen-bond acceptors (Lipinski definition) is 5. The zero-order chi connectivity index (χ0) is 13.1. The van der Waals surface area contributed by atoms with Crippen molar-refractivity contribution in [3.63, 3.8) is 0 Å². The maximum absolute atomic E-state index is 5.76. The molecule has 0 bridgehead atoms. The molecular formula is C12H13BrN4O. The van der Waals surface area contributed by atoms with Gasteiger partial charge in [-0.2, -0.15) is 0 Å². The number of halogens is 1. The molecule has 3 N–H and O–H groups in total. The lowest BCUT2D eigenvalue weighted by Crippen LogP contribution is -2.02. The number of anilines is 3. The van der Waals surface area contributed by atoms with Crippen LogP contribution in [0.1, 0.15) is 5.56 Å². The normalized spacial score (nSPS) is 10.2. The van der Waals surface area contributed by atoms with Crippen LogP contribution in [0.3, 0.4) is 0 Å². The van der Waals surface area contributed by atoms with Crippen LogP contribution >= 0.6 is 15.9 Å². The van der Waals surface area contributed by atoms with Gasteiger partial charge in [-0.15, -0.1) is 0 Å². The van der Waals surface area contributed by atoms with Crippen LogP contribution < -0.4 is 15.8 Å². The standard InChI is InChI=1S/C12H13BrN4O/c1-7-5-8(18-2)3-4-9(7)16-12-11(14)15-6-10(13)17-12/h3-6H,1-2H3,(H2,14,15)(H,16,17). The Balaban J connectivity index is 2.31. The predicted octanol–water partition coefficient (Wildman–Crippen LogP) is 2.88. The van der Waals surface area contributed by atoms with Crippen molar-refractivity contribution >= 4 is 33.3 Å². The van der Waals surface area contributed by atoms with E-state index in [9.17, 15) is 0 Å². The summed E-state index contributed by atoms with van der Waals surface area (Å²) in [6.07, 6.45) is 1.56. The molecule has 1 aromatic carbocycles.